The molecule has 0 bridgehead atoms. The fraction of sp³-hybridized carbons (Fsp3) is 0.348. The minimum Gasteiger partial charge on any atom is -0.497 e. The topological polar surface area (TPSA) is 79.0 Å². The molecule has 1 fully saturated rings. The van der Waals surface area contributed by atoms with Crippen LogP contribution >= 0.6 is 0 Å². The van der Waals surface area contributed by atoms with Crippen molar-refractivity contribution in [3.63, 3.8) is 0 Å². The second-order valence-electron chi connectivity index (χ2n) is 7.75. The van der Waals surface area contributed by atoms with E-state index < -0.39 is 17.5 Å². The Hall–Kier alpha value is -3.35. The predicted molar refractivity (Wildman–Crippen MR) is 112 cm³/mol. The first kappa shape index (κ1) is 19.9. The van der Waals surface area contributed by atoms with E-state index in [0.29, 0.717) is 17.7 Å². The third kappa shape index (κ3) is 3.01. The minimum absolute atomic E-state index is 0.0202. The molecule has 1 saturated heterocycles. The molecule has 4 amide bonds. The lowest BCUT2D eigenvalue weighted by Crippen LogP contribution is -2.46. The number of para-hydroxylation sites is 1. The van der Waals surface area contributed by atoms with Crippen molar-refractivity contribution in [3.8, 4) is 5.75 Å². The molecule has 2 aliphatic rings. The lowest BCUT2D eigenvalue weighted by molar-refractivity contribution is -0.134. The number of anilines is 1. The zero-order valence-electron chi connectivity index (χ0n) is 17.3. The van der Waals surface area contributed by atoms with Crippen LogP contribution in [0.15, 0.2) is 48.5 Å². The number of hydrogen-bond acceptors (Lipinski definition) is 4. The summed E-state index contributed by atoms with van der Waals surface area (Å²) in [7, 11) is 1.57. The van der Waals surface area contributed by atoms with Crippen molar-refractivity contribution in [2.24, 2.45) is 0 Å². The number of carbonyl (C=O) groups excluding carboxylic acids is 3. The molecule has 2 aromatic carbocycles. The number of amides is 4. The van der Waals surface area contributed by atoms with E-state index in [1.807, 2.05) is 38.1 Å². The molecule has 4 rings (SSSR count). The molecule has 2 heterocycles. The molecule has 2 aliphatic heterocycles. The van der Waals surface area contributed by atoms with E-state index in [-0.39, 0.29) is 18.5 Å². The van der Waals surface area contributed by atoms with Gasteiger partial charge >= 0.3 is 6.03 Å². The van der Waals surface area contributed by atoms with Crippen LogP contribution in [-0.2, 0) is 21.5 Å². The monoisotopic (exact) mass is 407 g/mol. The van der Waals surface area contributed by atoms with Gasteiger partial charge in [-0.2, -0.15) is 0 Å². The van der Waals surface area contributed by atoms with Gasteiger partial charge < -0.3 is 15.0 Å². The summed E-state index contributed by atoms with van der Waals surface area (Å²) in [4.78, 5) is 41.9. The molecule has 0 unspecified atom stereocenters. The van der Waals surface area contributed by atoms with Gasteiger partial charge in [0, 0.05) is 11.7 Å². The van der Waals surface area contributed by atoms with Crippen molar-refractivity contribution in [2.45, 2.75) is 38.3 Å². The molecule has 1 N–H and O–H groups in total. The van der Waals surface area contributed by atoms with Crippen LogP contribution in [0.25, 0.3) is 0 Å². The number of nitrogens with zero attached hydrogens (tertiary/aromatic N) is 2. The van der Waals surface area contributed by atoms with Crippen LogP contribution < -0.4 is 15.0 Å². The van der Waals surface area contributed by atoms with Crippen LogP contribution in [0, 0.1) is 0 Å². The van der Waals surface area contributed by atoms with Gasteiger partial charge in [-0.15, -0.1) is 0 Å². The number of benzene rings is 2. The van der Waals surface area contributed by atoms with Crippen molar-refractivity contribution in [2.75, 3.05) is 18.6 Å². The van der Waals surface area contributed by atoms with Gasteiger partial charge in [0.15, 0.2) is 0 Å². The van der Waals surface area contributed by atoms with Gasteiger partial charge in [-0.05, 0) is 49.1 Å². The summed E-state index contributed by atoms with van der Waals surface area (Å²) in [5.74, 6) is -0.0123. The molecule has 156 valence electrons. The van der Waals surface area contributed by atoms with Gasteiger partial charge in [-0.3, -0.25) is 14.5 Å². The van der Waals surface area contributed by atoms with Crippen molar-refractivity contribution in [1.82, 2.24) is 10.2 Å². The average molecular weight is 407 g/mol. The summed E-state index contributed by atoms with van der Waals surface area (Å²) in [6.45, 7) is 3.52. The SMILES string of the molecule is CC[C@@]1(c2ccc(OC)cc2)NC(=O)N(CC(=O)N2c3ccccc3C[C@@H]2C)C1=O. The maximum absolute atomic E-state index is 13.3. The summed E-state index contributed by atoms with van der Waals surface area (Å²) < 4.78 is 5.18. The van der Waals surface area contributed by atoms with Crippen molar-refractivity contribution in [1.29, 1.82) is 0 Å². The maximum atomic E-state index is 13.3. The molecule has 7 heteroatoms. The van der Waals surface area contributed by atoms with Crippen LogP contribution in [0.1, 0.15) is 31.4 Å². The van der Waals surface area contributed by atoms with Gasteiger partial charge in [0.2, 0.25) is 5.91 Å². The first-order valence-electron chi connectivity index (χ1n) is 10.1. The van der Waals surface area contributed by atoms with Crippen LogP contribution in [0.5, 0.6) is 5.75 Å². The van der Waals surface area contributed by atoms with Crippen molar-refractivity contribution >= 4 is 23.5 Å². The van der Waals surface area contributed by atoms with E-state index in [9.17, 15) is 14.4 Å². The number of imide groups is 1. The average Bonchev–Trinajstić information content (AvgIpc) is 3.22. The summed E-state index contributed by atoms with van der Waals surface area (Å²) in [5, 5.41) is 2.82. The first-order chi connectivity index (χ1) is 14.4. The number of rotatable bonds is 5. The molecule has 30 heavy (non-hydrogen) atoms. The zero-order chi connectivity index (χ0) is 21.5. The quantitative estimate of drug-likeness (QED) is 0.773. The number of fused-ring (bicyclic) bond motifs is 1. The highest BCUT2D eigenvalue weighted by Crippen LogP contribution is 2.35. The molecule has 0 aromatic heterocycles. The molecule has 0 saturated carbocycles. The standard InChI is InChI=1S/C23H25N3O4/c1-4-23(17-9-11-18(30-3)12-10-17)21(28)25(22(29)24-23)14-20(27)26-15(2)13-16-7-5-6-8-19(16)26/h5-12,15H,4,13-14H2,1-3H3,(H,24,29)/t15-,23-/m0/s1. The molecule has 7 nitrogen and oxygen atoms in total. The van der Waals surface area contributed by atoms with Crippen molar-refractivity contribution < 1.29 is 19.1 Å². The fourth-order valence-corrected chi connectivity index (χ4v) is 4.44. The summed E-state index contributed by atoms with van der Waals surface area (Å²) >= 11 is 0. The number of carbonyl (C=O) groups is 3. The second-order valence-corrected chi connectivity index (χ2v) is 7.75. The summed E-state index contributed by atoms with van der Waals surface area (Å²) in [6, 6.07) is 14.2. The Morgan fingerprint density at radius 1 is 1.17 bits per heavy atom. The lowest BCUT2D eigenvalue weighted by atomic mass is 9.87. The van der Waals surface area contributed by atoms with Crippen molar-refractivity contribution in [3.05, 3.63) is 59.7 Å². The molecule has 2 aromatic rings. The molecule has 0 aliphatic carbocycles. The third-order valence-electron chi connectivity index (χ3n) is 6.06. The number of ether oxygens (including phenoxy) is 1. The minimum atomic E-state index is -1.18. The first-order valence-corrected chi connectivity index (χ1v) is 10.1. The highest BCUT2D eigenvalue weighted by molar-refractivity contribution is 6.11. The Kier molecular flexibility index (Phi) is 4.97. The van der Waals surface area contributed by atoms with E-state index >= 15 is 0 Å². The molecule has 2 atom stereocenters. The number of urea groups is 1. The van der Waals surface area contributed by atoms with Gasteiger partial charge in [-0.1, -0.05) is 37.3 Å². The third-order valence-corrected chi connectivity index (χ3v) is 6.06. The van der Waals surface area contributed by atoms with Crippen LogP contribution in [0.2, 0.25) is 0 Å². The fourth-order valence-electron chi connectivity index (χ4n) is 4.44. The Balaban J connectivity index is 1.59. The smallest absolute Gasteiger partial charge is 0.325 e. The Labute approximate surface area is 175 Å². The lowest BCUT2D eigenvalue weighted by Gasteiger charge is -2.27. The van der Waals surface area contributed by atoms with E-state index in [1.54, 1.807) is 36.3 Å². The maximum Gasteiger partial charge on any atom is 0.325 e. The predicted octanol–water partition coefficient (Wildman–Crippen LogP) is 2.83. The zero-order valence-corrected chi connectivity index (χ0v) is 17.3. The van der Waals surface area contributed by atoms with Crippen LogP contribution in [0.3, 0.4) is 0 Å². The van der Waals surface area contributed by atoms with Gasteiger partial charge in [-0.25, -0.2) is 4.79 Å². The van der Waals surface area contributed by atoms with E-state index in [0.717, 1.165) is 22.6 Å². The second kappa shape index (κ2) is 7.48. The van der Waals surface area contributed by atoms with E-state index in [2.05, 4.69) is 5.32 Å². The van der Waals surface area contributed by atoms with Gasteiger partial charge in [0.05, 0.1) is 7.11 Å². The van der Waals surface area contributed by atoms with Gasteiger partial charge in [0.1, 0.15) is 17.8 Å². The van der Waals surface area contributed by atoms with Gasteiger partial charge in [0.25, 0.3) is 5.91 Å². The number of nitrogens with one attached hydrogen (secondary N) is 1. The Bertz CT molecular complexity index is 1000. The molecular formula is C23H25N3O4. The number of methoxy groups -OCH3 is 1. The Morgan fingerprint density at radius 3 is 2.53 bits per heavy atom. The molecule has 0 radical (unpaired) electrons. The highest BCUT2D eigenvalue weighted by Gasteiger charge is 2.52. The van der Waals surface area contributed by atoms with Crippen LogP contribution in [0.4, 0.5) is 10.5 Å². The summed E-state index contributed by atoms with van der Waals surface area (Å²) in [6.07, 6.45) is 1.13. The van der Waals surface area contributed by atoms with E-state index in [4.69, 9.17) is 4.74 Å². The Morgan fingerprint density at radius 2 is 1.87 bits per heavy atom. The molecular weight excluding hydrogens is 382 g/mol. The summed E-state index contributed by atoms with van der Waals surface area (Å²) in [5.41, 5.74) is 1.42. The normalized spacial score (nSPS) is 22.8. The van der Waals surface area contributed by atoms with Crippen LogP contribution in [-0.4, -0.2) is 42.4 Å². The number of hydrogen-bond donors (Lipinski definition) is 1. The largest absolute Gasteiger partial charge is 0.497 e. The molecule has 0 spiro atoms. The van der Waals surface area contributed by atoms with E-state index in [1.165, 1.54) is 0 Å². The highest BCUT2D eigenvalue weighted by atomic mass is 16.5.